The highest BCUT2D eigenvalue weighted by Gasteiger charge is 2.19. The van der Waals surface area contributed by atoms with Crippen molar-refractivity contribution in [1.29, 1.82) is 0 Å². The summed E-state index contributed by atoms with van der Waals surface area (Å²) in [6, 6.07) is 5.41. The average Bonchev–Trinajstić information content (AvgIpc) is 3.08. The fraction of sp³-hybridized carbons (Fsp3) is 0.474. The first kappa shape index (κ1) is 19.1. The number of nitrogens with zero attached hydrogens (tertiary/aromatic N) is 2. The second-order valence-corrected chi connectivity index (χ2v) is 7.78. The molecule has 1 aliphatic heterocycles. The Hall–Kier alpha value is -1.63. The Kier molecular flexibility index (Phi) is 6.51. The number of hydrogen-bond donors (Lipinski definition) is 1. The maximum Gasteiger partial charge on any atom is 0.347 e. The first-order valence-corrected chi connectivity index (χ1v) is 10.2. The van der Waals surface area contributed by atoms with E-state index < -0.39 is 5.97 Å². The molecule has 0 bridgehead atoms. The van der Waals surface area contributed by atoms with E-state index in [2.05, 4.69) is 9.88 Å². The number of carboxylic acids is 1. The van der Waals surface area contributed by atoms with Crippen LogP contribution in [-0.2, 0) is 6.42 Å². The SMILES string of the molecule is CCc1nc(-c2cc(Cl)ccc2OCCN2CCCCC2)sc1C(=O)O. The summed E-state index contributed by atoms with van der Waals surface area (Å²) in [5, 5.41) is 10.6. The van der Waals surface area contributed by atoms with Crippen molar-refractivity contribution in [2.24, 2.45) is 0 Å². The van der Waals surface area contributed by atoms with Crippen molar-refractivity contribution >= 4 is 28.9 Å². The third kappa shape index (κ3) is 4.55. The van der Waals surface area contributed by atoms with Gasteiger partial charge in [-0.3, -0.25) is 4.90 Å². The summed E-state index contributed by atoms with van der Waals surface area (Å²) in [5.74, 6) is -0.250. The third-order valence-corrected chi connectivity index (χ3v) is 5.87. The van der Waals surface area contributed by atoms with Gasteiger partial charge in [-0.05, 0) is 50.6 Å². The van der Waals surface area contributed by atoms with Crippen LogP contribution >= 0.6 is 22.9 Å². The predicted molar refractivity (Wildman–Crippen MR) is 105 cm³/mol. The number of benzene rings is 1. The lowest BCUT2D eigenvalue weighted by Gasteiger charge is -2.26. The lowest BCUT2D eigenvalue weighted by molar-refractivity contribution is 0.0701. The lowest BCUT2D eigenvalue weighted by atomic mass is 10.1. The fourth-order valence-corrected chi connectivity index (χ4v) is 4.32. The molecule has 2 aromatic rings. The van der Waals surface area contributed by atoms with E-state index in [0.717, 1.165) is 25.2 Å². The number of aryl methyl sites for hydroxylation is 1. The lowest BCUT2D eigenvalue weighted by Crippen LogP contribution is -2.33. The van der Waals surface area contributed by atoms with Gasteiger partial charge < -0.3 is 9.84 Å². The van der Waals surface area contributed by atoms with E-state index in [1.807, 2.05) is 13.0 Å². The number of aromatic carboxylic acids is 1. The molecule has 0 atom stereocenters. The molecule has 0 saturated carbocycles. The van der Waals surface area contributed by atoms with Crippen LogP contribution in [0.15, 0.2) is 18.2 Å². The standard InChI is InChI=1S/C19H23ClN2O3S/c1-2-15-17(19(23)24)26-18(21-15)14-12-13(20)6-7-16(14)25-11-10-22-8-4-3-5-9-22/h6-7,12H,2-5,8-11H2,1H3,(H,23,24). The zero-order chi connectivity index (χ0) is 18.5. The molecule has 0 radical (unpaired) electrons. The van der Waals surface area contributed by atoms with Crippen molar-refractivity contribution in [1.82, 2.24) is 9.88 Å². The monoisotopic (exact) mass is 394 g/mol. The molecule has 1 aromatic heterocycles. The van der Waals surface area contributed by atoms with E-state index in [1.165, 1.54) is 30.6 Å². The molecule has 5 nitrogen and oxygen atoms in total. The van der Waals surface area contributed by atoms with Gasteiger partial charge in [-0.1, -0.05) is 24.9 Å². The Morgan fingerprint density at radius 1 is 1.35 bits per heavy atom. The minimum Gasteiger partial charge on any atom is -0.492 e. The van der Waals surface area contributed by atoms with E-state index in [0.29, 0.717) is 34.5 Å². The third-order valence-electron chi connectivity index (χ3n) is 4.51. The van der Waals surface area contributed by atoms with E-state index >= 15 is 0 Å². The van der Waals surface area contributed by atoms with Gasteiger partial charge in [0.2, 0.25) is 0 Å². The Balaban J connectivity index is 1.78. The summed E-state index contributed by atoms with van der Waals surface area (Å²) in [6.45, 7) is 5.64. The molecule has 26 heavy (non-hydrogen) atoms. The molecule has 1 N–H and O–H groups in total. The normalized spacial score (nSPS) is 15.2. The van der Waals surface area contributed by atoms with Crippen LogP contribution < -0.4 is 4.74 Å². The topological polar surface area (TPSA) is 62.7 Å². The number of rotatable bonds is 7. The number of hydrogen-bond acceptors (Lipinski definition) is 5. The summed E-state index contributed by atoms with van der Waals surface area (Å²) in [5.41, 5.74) is 1.35. The smallest absolute Gasteiger partial charge is 0.347 e. The highest BCUT2D eigenvalue weighted by molar-refractivity contribution is 7.17. The van der Waals surface area contributed by atoms with Crippen molar-refractivity contribution in [3.63, 3.8) is 0 Å². The molecule has 2 heterocycles. The number of carboxylic acid groups (broad SMARTS) is 1. The summed E-state index contributed by atoms with van der Waals surface area (Å²) < 4.78 is 6.01. The molecule has 0 unspecified atom stereocenters. The first-order chi connectivity index (χ1) is 12.6. The first-order valence-electron chi connectivity index (χ1n) is 8.96. The van der Waals surface area contributed by atoms with Crippen LogP contribution in [0, 0.1) is 0 Å². The van der Waals surface area contributed by atoms with Gasteiger partial charge in [-0.2, -0.15) is 0 Å². The molecule has 0 spiro atoms. The Bertz CT molecular complexity index is 772. The van der Waals surface area contributed by atoms with Crippen LogP contribution in [-0.4, -0.2) is 47.2 Å². The van der Waals surface area contributed by atoms with Gasteiger partial charge in [0.1, 0.15) is 22.2 Å². The van der Waals surface area contributed by atoms with Gasteiger partial charge in [-0.25, -0.2) is 9.78 Å². The molecule has 140 valence electrons. The molecule has 0 aliphatic carbocycles. The molecule has 1 fully saturated rings. The number of carbonyl (C=O) groups is 1. The van der Waals surface area contributed by atoms with E-state index in [4.69, 9.17) is 16.3 Å². The minimum atomic E-state index is -0.944. The molecule has 1 aromatic carbocycles. The van der Waals surface area contributed by atoms with Gasteiger partial charge in [0.25, 0.3) is 0 Å². The van der Waals surface area contributed by atoms with E-state index in [-0.39, 0.29) is 4.88 Å². The summed E-state index contributed by atoms with van der Waals surface area (Å²) in [4.78, 5) is 18.6. The summed E-state index contributed by atoms with van der Waals surface area (Å²) in [6.07, 6.45) is 4.39. The van der Waals surface area contributed by atoms with Crippen LogP contribution in [0.4, 0.5) is 0 Å². The average molecular weight is 395 g/mol. The Labute approximate surface area is 162 Å². The zero-order valence-electron chi connectivity index (χ0n) is 14.8. The van der Waals surface area contributed by atoms with Crippen LogP contribution in [0.3, 0.4) is 0 Å². The van der Waals surface area contributed by atoms with Crippen LogP contribution in [0.25, 0.3) is 10.6 Å². The van der Waals surface area contributed by atoms with Crippen LogP contribution in [0.5, 0.6) is 5.75 Å². The molecular formula is C19H23ClN2O3S. The Morgan fingerprint density at radius 2 is 2.12 bits per heavy atom. The summed E-state index contributed by atoms with van der Waals surface area (Å²) >= 11 is 7.33. The van der Waals surface area contributed by atoms with Gasteiger partial charge in [0, 0.05) is 11.6 Å². The van der Waals surface area contributed by atoms with Gasteiger partial charge >= 0.3 is 5.97 Å². The number of halogens is 1. The minimum absolute atomic E-state index is 0.279. The molecule has 0 amide bonds. The summed E-state index contributed by atoms with van der Waals surface area (Å²) in [7, 11) is 0. The fourth-order valence-electron chi connectivity index (χ4n) is 3.14. The predicted octanol–water partition coefficient (Wildman–Crippen LogP) is 4.59. The number of piperidine rings is 1. The number of thiazole rings is 1. The maximum atomic E-state index is 11.4. The van der Waals surface area contributed by atoms with E-state index in [9.17, 15) is 9.90 Å². The molecule has 3 rings (SSSR count). The van der Waals surface area contributed by atoms with Crippen molar-refractivity contribution < 1.29 is 14.6 Å². The van der Waals surface area contributed by atoms with Crippen molar-refractivity contribution in [2.75, 3.05) is 26.2 Å². The molecular weight excluding hydrogens is 372 g/mol. The van der Waals surface area contributed by atoms with E-state index in [1.54, 1.807) is 12.1 Å². The van der Waals surface area contributed by atoms with Gasteiger partial charge in [-0.15, -0.1) is 11.3 Å². The van der Waals surface area contributed by atoms with Crippen molar-refractivity contribution in [3.8, 4) is 16.3 Å². The number of ether oxygens (including phenoxy) is 1. The van der Waals surface area contributed by atoms with Gasteiger partial charge in [0.15, 0.2) is 0 Å². The maximum absolute atomic E-state index is 11.4. The van der Waals surface area contributed by atoms with Crippen LogP contribution in [0.1, 0.15) is 41.6 Å². The quantitative estimate of drug-likeness (QED) is 0.744. The second kappa shape index (κ2) is 8.84. The molecule has 1 aliphatic rings. The molecule has 7 heteroatoms. The highest BCUT2D eigenvalue weighted by atomic mass is 35.5. The number of likely N-dealkylation sites (tertiary alicyclic amines) is 1. The number of aromatic nitrogens is 1. The van der Waals surface area contributed by atoms with Crippen molar-refractivity contribution in [2.45, 2.75) is 32.6 Å². The highest BCUT2D eigenvalue weighted by Crippen LogP contribution is 2.36. The van der Waals surface area contributed by atoms with Crippen molar-refractivity contribution in [3.05, 3.63) is 33.8 Å². The Morgan fingerprint density at radius 3 is 2.77 bits per heavy atom. The molecule has 1 saturated heterocycles. The van der Waals surface area contributed by atoms with Crippen LogP contribution in [0.2, 0.25) is 5.02 Å². The van der Waals surface area contributed by atoms with Gasteiger partial charge in [0.05, 0.1) is 11.3 Å². The second-order valence-electron chi connectivity index (χ2n) is 6.34. The largest absolute Gasteiger partial charge is 0.492 e. The zero-order valence-corrected chi connectivity index (χ0v) is 16.4.